The highest BCUT2D eigenvalue weighted by atomic mass is 16.3. The highest BCUT2D eigenvalue weighted by Gasteiger charge is 2.29. The van der Waals surface area contributed by atoms with Gasteiger partial charge in [0, 0.05) is 11.1 Å². The lowest BCUT2D eigenvalue weighted by atomic mass is 9.87. The first-order chi connectivity index (χ1) is 8.27. The zero-order valence-corrected chi connectivity index (χ0v) is 9.17. The number of aliphatic hydroxyl groups is 2. The van der Waals surface area contributed by atoms with Gasteiger partial charge in [0.1, 0.15) is 6.11 Å². The minimum absolute atomic E-state index is 0.632. The lowest BCUT2D eigenvalue weighted by molar-refractivity contribution is 0.144. The fourth-order valence-electron chi connectivity index (χ4n) is 1.75. The Labute approximate surface area is 100 Å². The molecule has 0 spiro atoms. The van der Waals surface area contributed by atoms with Gasteiger partial charge in [-0.15, -0.1) is 0 Å². The molecule has 0 saturated carbocycles. The third-order valence-corrected chi connectivity index (χ3v) is 2.62. The highest BCUT2D eigenvalue weighted by Crippen LogP contribution is 2.28. The van der Waals surface area contributed by atoms with E-state index in [0.717, 1.165) is 0 Å². The van der Waals surface area contributed by atoms with Gasteiger partial charge in [-0.2, -0.15) is 0 Å². The Morgan fingerprint density at radius 1 is 0.765 bits per heavy atom. The molecule has 0 aromatic heterocycles. The van der Waals surface area contributed by atoms with E-state index in [1.54, 1.807) is 30.4 Å². The lowest BCUT2D eigenvalue weighted by Gasteiger charge is -2.22. The molecular formula is C15H12O2. The second kappa shape index (κ2) is 4.73. The predicted octanol–water partition coefficient (Wildman–Crippen LogP) is 2.26. The third kappa shape index (κ3) is 2.15. The largest absolute Gasteiger partial charge is 0.462 e. The quantitative estimate of drug-likeness (QED) is 0.768. The van der Waals surface area contributed by atoms with Crippen molar-refractivity contribution in [3.63, 3.8) is 0 Å². The van der Waals surface area contributed by atoms with E-state index in [4.69, 9.17) is 5.11 Å². The Kier molecular flexibility index (Phi) is 3.13. The number of rotatable bonds is 2. The first-order valence-corrected chi connectivity index (χ1v) is 5.27. The van der Waals surface area contributed by atoms with Gasteiger partial charge >= 0.3 is 0 Å². The summed E-state index contributed by atoms with van der Waals surface area (Å²) in [5, 5.41) is 19.4. The number of aliphatic hydroxyl groups excluding tert-OH is 1. The summed E-state index contributed by atoms with van der Waals surface area (Å²) in [6.07, 6.45) is 1.81. The molecule has 2 aromatic rings. The molecule has 0 saturated heterocycles. The predicted molar refractivity (Wildman–Crippen MR) is 65.6 cm³/mol. The summed E-state index contributed by atoms with van der Waals surface area (Å²) in [6.45, 7) is 0. The molecule has 2 nitrogen and oxygen atoms in total. The lowest BCUT2D eigenvalue weighted by Crippen LogP contribution is -2.25. The average Bonchev–Trinajstić information content (AvgIpc) is 2.41. The van der Waals surface area contributed by atoms with Crippen molar-refractivity contribution in [3.8, 4) is 12.0 Å². The maximum Gasteiger partial charge on any atom is 0.180 e. The van der Waals surface area contributed by atoms with Crippen LogP contribution in [0.25, 0.3) is 0 Å². The van der Waals surface area contributed by atoms with Crippen LogP contribution in [-0.4, -0.2) is 10.2 Å². The number of hydrogen-bond donors (Lipinski definition) is 2. The van der Waals surface area contributed by atoms with Gasteiger partial charge in [0.05, 0.1) is 0 Å². The molecule has 84 valence electrons. The average molecular weight is 224 g/mol. The molecule has 0 heterocycles. The van der Waals surface area contributed by atoms with E-state index >= 15 is 0 Å². The normalized spacial score (nSPS) is 10.4. The van der Waals surface area contributed by atoms with Gasteiger partial charge < -0.3 is 10.2 Å². The standard InChI is InChI=1S/C15H12O2/c16-12-11-15(17,13-7-3-1-4-8-13)14-9-5-2-6-10-14/h1-10,16-17H. The Bertz CT molecular complexity index is 496. The summed E-state index contributed by atoms with van der Waals surface area (Å²) in [5.41, 5.74) is -0.211. The van der Waals surface area contributed by atoms with Crippen molar-refractivity contribution in [2.75, 3.05) is 0 Å². The molecular weight excluding hydrogens is 212 g/mol. The first-order valence-electron chi connectivity index (χ1n) is 5.27. The molecule has 0 bridgehead atoms. The van der Waals surface area contributed by atoms with Crippen molar-refractivity contribution in [3.05, 3.63) is 71.8 Å². The molecule has 2 N–H and O–H groups in total. The third-order valence-electron chi connectivity index (χ3n) is 2.62. The summed E-state index contributed by atoms with van der Waals surface area (Å²) < 4.78 is 0. The Balaban J connectivity index is 2.58. The maximum atomic E-state index is 10.6. The summed E-state index contributed by atoms with van der Waals surface area (Å²) >= 11 is 0. The fourth-order valence-corrected chi connectivity index (χ4v) is 1.75. The Morgan fingerprint density at radius 2 is 1.18 bits per heavy atom. The maximum absolute atomic E-state index is 10.6. The molecule has 0 aliphatic rings. The van der Waals surface area contributed by atoms with Crippen LogP contribution < -0.4 is 0 Å². The second-order valence-electron chi connectivity index (χ2n) is 3.68. The molecule has 0 fully saturated rings. The van der Waals surface area contributed by atoms with Gasteiger partial charge in [-0.05, 0) is 5.92 Å². The zero-order valence-electron chi connectivity index (χ0n) is 9.17. The molecule has 0 atom stereocenters. The van der Waals surface area contributed by atoms with Crippen LogP contribution in [0.2, 0.25) is 0 Å². The minimum Gasteiger partial charge on any atom is -0.462 e. The van der Waals surface area contributed by atoms with Crippen LogP contribution >= 0.6 is 0 Å². The number of hydrogen-bond acceptors (Lipinski definition) is 2. The van der Waals surface area contributed by atoms with Crippen LogP contribution in [0.15, 0.2) is 60.7 Å². The van der Waals surface area contributed by atoms with E-state index in [0.29, 0.717) is 11.1 Å². The number of benzene rings is 2. The van der Waals surface area contributed by atoms with Crippen LogP contribution in [0.4, 0.5) is 0 Å². The van der Waals surface area contributed by atoms with E-state index in [-0.39, 0.29) is 0 Å². The monoisotopic (exact) mass is 224 g/mol. The van der Waals surface area contributed by atoms with E-state index in [9.17, 15) is 5.11 Å². The summed E-state index contributed by atoms with van der Waals surface area (Å²) in [6, 6.07) is 18.1. The second-order valence-corrected chi connectivity index (χ2v) is 3.68. The SMILES string of the molecule is OC#CC(O)(c1ccccc1)c1ccccc1. The minimum atomic E-state index is -1.47. The van der Waals surface area contributed by atoms with Crippen molar-refractivity contribution in [2.24, 2.45) is 0 Å². The molecule has 2 heteroatoms. The van der Waals surface area contributed by atoms with Crippen LogP contribution in [0.1, 0.15) is 11.1 Å². The van der Waals surface area contributed by atoms with E-state index in [1.165, 1.54) is 0 Å². The van der Waals surface area contributed by atoms with Crippen LogP contribution in [0.5, 0.6) is 0 Å². The summed E-state index contributed by atoms with van der Waals surface area (Å²) in [5.74, 6) is 2.45. The zero-order chi connectivity index (χ0) is 12.1. The van der Waals surface area contributed by atoms with Gasteiger partial charge in [0.2, 0.25) is 0 Å². The van der Waals surface area contributed by atoms with Gasteiger partial charge in [-0.3, -0.25) is 0 Å². The fraction of sp³-hybridized carbons (Fsp3) is 0.0667. The van der Waals surface area contributed by atoms with Gasteiger partial charge in [0.25, 0.3) is 0 Å². The molecule has 0 aliphatic heterocycles. The van der Waals surface area contributed by atoms with Gasteiger partial charge in [-0.1, -0.05) is 60.7 Å². The van der Waals surface area contributed by atoms with Crippen molar-refractivity contribution < 1.29 is 10.2 Å². The first kappa shape index (κ1) is 11.3. The van der Waals surface area contributed by atoms with Gasteiger partial charge in [0.15, 0.2) is 5.60 Å². The van der Waals surface area contributed by atoms with Crippen molar-refractivity contribution in [2.45, 2.75) is 5.60 Å². The molecule has 0 amide bonds. The smallest absolute Gasteiger partial charge is 0.180 e. The van der Waals surface area contributed by atoms with E-state index in [2.05, 4.69) is 5.92 Å². The summed E-state index contributed by atoms with van der Waals surface area (Å²) in [7, 11) is 0. The summed E-state index contributed by atoms with van der Waals surface area (Å²) in [4.78, 5) is 0. The van der Waals surface area contributed by atoms with Crippen LogP contribution in [0, 0.1) is 12.0 Å². The molecule has 0 aliphatic carbocycles. The Morgan fingerprint density at radius 3 is 1.53 bits per heavy atom. The van der Waals surface area contributed by atoms with Gasteiger partial charge in [-0.25, -0.2) is 0 Å². The van der Waals surface area contributed by atoms with Crippen molar-refractivity contribution in [1.29, 1.82) is 0 Å². The van der Waals surface area contributed by atoms with E-state index < -0.39 is 5.60 Å². The molecule has 17 heavy (non-hydrogen) atoms. The van der Waals surface area contributed by atoms with Crippen LogP contribution in [-0.2, 0) is 5.60 Å². The molecule has 0 radical (unpaired) electrons. The molecule has 2 aromatic carbocycles. The molecule has 0 unspecified atom stereocenters. The van der Waals surface area contributed by atoms with E-state index in [1.807, 2.05) is 36.4 Å². The van der Waals surface area contributed by atoms with Crippen molar-refractivity contribution in [1.82, 2.24) is 0 Å². The topological polar surface area (TPSA) is 40.5 Å². The highest BCUT2D eigenvalue weighted by molar-refractivity contribution is 5.43. The van der Waals surface area contributed by atoms with Crippen molar-refractivity contribution >= 4 is 0 Å². The van der Waals surface area contributed by atoms with Crippen LogP contribution in [0.3, 0.4) is 0 Å². The Hall–Kier alpha value is -2.24. The molecule has 2 rings (SSSR count).